The van der Waals surface area contributed by atoms with Gasteiger partial charge in [-0.25, -0.2) is 0 Å². The van der Waals surface area contributed by atoms with E-state index < -0.39 is 0 Å². The Labute approximate surface area is 64.8 Å². The van der Waals surface area contributed by atoms with Crippen LogP contribution >= 0.6 is 0 Å². The molecule has 0 aliphatic heterocycles. The van der Waals surface area contributed by atoms with E-state index >= 15 is 0 Å². The van der Waals surface area contributed by atoms with Gasteiger partial charge in [0.2, 0.25) is 0 Å². The van der Waals surface area contributed by atoms with Crippen LogP contribution in [-0.2, 0) is 41.1 Å². The van der Waals surface area contributed by atoms with Crippen molar-refractivity contribution in [3.63, 3.8) is 0 Å². The van der Waals surface area contributed by atoms with Crippen molar-refractivity contribution in [3.8, 4) is 0 Å². The molecule has 0 fully saturated rings. The van der Waals surface area contributed by atoms with Crippen molar-refractivity contribution in [2.24, 2.45) is 0 Å². The van der Waals surface area contributed by atoms with Crippen molar-refractivity contribution >= 4 is 24.4 Å². The third-order valence-electron chi connectivity index (χ3n) is 0. The molecule has 0 aromatic carbocycles. The summed E-state index contributed by atoms with van der Waals surface area (Å²) in [6.45, 7) is 0. The van der Waals surface area contributed by atoms with Crippen molar-refractivity contribution in [1.29, 1.82) is 0 Å². The molecule has 24 valence electrons. The van der Waals surface area contributed by atoms with E-state index in [1.54, 1.807) is 0 Å². The zero-order valence-electron chi connectivity index (χ0n) is 2.02. The first-order chi connectivity index (χ1) is 1.00. The molecule has 4 heavy (non-hydrogen) atoms. The van der Waals surface area contributed by atoms with Crippen LogP contribution in [0.3, 0.4) is 0 Å². The molecule has 0 radical (unpaired) electrons. The summed E-state index contributed by atoms with van der Waals surface area (Å²) in [5, 5.41) is 0. The van der Waals surface area contributed by atoms with Gasteiger partial charge in [0.15, 0.2) is 0 Å². The average Bonchev–Trinajstić information content (AvgIpc) is 1.00. The van der Waals surface area contributed by atoms with Gasteiger partial charge in [-0.2, -0.15) is 0 Å². The molecule has 0 saturated heterocycles. The van der Waals surface area contributed by atoms with Crippen LogP contribution in [0.1, 0.15) is 0 Å². The predicted molar refractivity (Wildman–Crippen MR) is 10.6 cm³/mol. The Balaban J connectivity index is -0.00000000500. The van der Waals surface area contributed by atoms with Crippen LogP contribution in [0.25, 0.3) is 0 Å². The number of hydrogen-bond donors (Lipinski definition) is 0. The molecule has 0 aromatic heterocycles. The second-order valence-corrected chi connectivity index (χ2v) is 0. The Bertz CT molecular complexity index is 8.00. The van der Waals surface area contributed by atoms with E-state index in [4.69, 9.17) is 3.32 Å². The number of rotatable bonds is 0. The maximum atomic E-state index is 8.25. The van der Waals surface area contributed by atoms with E-state index in [2.05, 4.69) is 0 Å². The molecule has 0 bridgehead atoms. The Morgan fingerprint density at radius 2 is 1.25 bits per heavy atom. The predicted octanol–water partition coefficient (Wildman–Crippen LogP) is -1.31. The van der Waals surface area contributed by atoms with Crippen molar-refractivity contribution < 1.29 is 41.1 Å². The average molecular weight is 241 g/mol. The molecule has 0 spiro atoms. The van der Waals surface area contributed by atoms with E-state index in [0.29, 0.717) is 0 Å². The van der Waals surface area contributed by atoms with Crippen molar-refractivity contribution in [2.75, 3.05) is 0 Å². The summed E-state index contributed by atoms with van der Waals surface area (Å²) in [6.07, 6.45) is 0. The first kappa shape index (κ1) is 16.9. The summed E-state index contributed by atoms with van der Waals surface area (Å²) in [7, 11) is 0. The summed E-state index contributed by atoms with van der Waals surface area (Å²) < 4.78 is 8.25. The third-order valence-corrected chi connectivity index (χ3v) is 0. The van der Waals surface area contributed by atoms with E-state index in [1.807, 2.05) is 0 Å². The van der Waals surface area contributed by atoms with Crippen LogP contribution in [0.15, 0.2) is 0 Å². The van der Waals surface area contributed by atoms with Gasteiger partial charge in [0, 0.05) is 17.4 Å². The molecule has 0 saturated carbocycles. The fourth-order valence-corrected chi connectivity index (χ4v) is 0. The van der Waals surface area contributed by atoms with Crippen LogP contribution in [0.2, 0.25) is 0 Å². The minimum absolute atomic E-state index is 0. The molecule has 0 N–H and O–H groups in total. The van der Waals surface area contributed by atoms with E-state index in [9.17, 15) is 0 Å². The maximum absolute atomic E-state index is 8.25. The van der Waals surface area contributed by atoms with Crippen LogP contribution in [0.5, 0.6) is 0 Å². The molecular weight excluding hydrogens is 238 g/mol. The van der Waals surface area contributed by atoms with Gasteiger partial charge in [-0.15, -0.1) is 0 Å². The summed E-state index contributed by atoms with van der Waals surface area (Å²) in [4.78, 5) is 0. The Kier molecular flexibility index (Phi) is 88.3. The zero-order chi connectivity index (χ0) is 2.00. The topological polar surface area (TPSA) is 17.1 Å². The second-order valence-electron chi connectivity index (χ2n) is 0. The summed E-state index contributed by atoms with van der Waals surface area (Å²) in [6, 6.07) is 0. The molecule has 4 heteroatoms. The minimum atomic E-state index is 0. The standard InChI is InChI=1S/Cr.O.Sb.Ti.3H. The monoisotopic (exact) mass is 240 g/mol. The van der Waals surface area contributed by atoms with Crippen LogP contribution in [-0.4, -0.2) is 24.4 Å². The zero-order valence-corrected chi connectivity index (χ0v) is 8.90. The van der Waals surface area contributed by atoms with Crippen molar-refractivity contribution in [3.05, 3.63) is 0 Å². The molecule has 0 unspecified atom stereocenters. The first-order valence-corrected chi connectivity index (χ1v) is 0.842. The first-order valence-electron chi connectivity index (χ1n) is 0.204. The van der Waals surface area contributed by atoms with Crippen molar-refractivity contribution in [1.82, 2.24) is 0 Å². The Morgan fingerprint density at radius 3 is 1.25 bits per heavy atom. The van der Waals surface area contributed by atoms with Gasteiger partial charge < -0.3 is 0 Å². The van der Waals surface area contributed by atoms with E-state index in [-0.39, 0.29) is 41.8 Å². The van der Waals surface area contributed by atoms with Crippen LogP contribution in [0.4, 0.5) is 0 Å². The fourth-order valence-electron chi connectivity index (χ4n) is 0. The van der Waals surface area contributed by atoms with Crippen LogP contribution < -0.4 is 0 Å². The van der Waals surface area contributed by atoms with E-state index in [0.717, 1.165) is 20.4 Å². The molecular formula is H3CrOSbTi. The summed E-state index contributed by atoms with van der Waals surface area (Å²) in [5.74, 6) is 0. The Morgan fingerprint density at radius 1 is 1.25 bits per heavy atom. The van der Waals surface area contributed by atoms with Gasteiger partial charge in [-0.3, -0.25) is 0 Å². The summed E-state index contributed by atoms with van der Waals surface area (Å²) in [5.41, 5.74) is 0. The third kappa shape index (κ3) is 9.12. The Hall–Kier alpha value is 1.86. The molecule has 0 aromatic rings. The quantitative estimate of drug-likeness (QED) is 0.481. The van der Waals surface area contributed by atoms with Gasteiger partial charge in [-0.1, -0.05) is 0 Å². The van der Waals surface area contributed by atoms with Gasteiger partial charge in [-0.05, 0) is 0 Å². The second kappa shape index (κ2) is 20.9. The van der Waals surface area contributed by atoms with Crippen molar-refractivity contribution in [2.45, 2.75) is 0 Å². The molecule has 0 atom stereocenters. The summed E-state index contributed by atoms with van der Waals surface area (Å²) >= 11 is 0.750. The van der Waals surface area contributed by atoms with E-state index in [1.165, 1.54) is 0 Å². The van der Waals surface area contributed by atoms with Gasteiger partial charge in [0.1, 0.15) is 0 Å². The van der Waals surface area contributed by atoms with Gasteiger partial charge in [0.05, 0.1) is 0 Å². The molecule has 0 rings (SSSR count). The number of hydrogen-bond acceptors (Lipinski definition) is 1. The normalized spacial score (nSPS) is 0.750. The van der Waals surface area contributed by atoms with Crippen LogP contribution in [0, 0.1) is 0 Å². The molecule has 0 amide bonds. The molecule has 1 nitrogen and oxygen atoms in total. The molecule has 0 aliphatic rings. The fraction of sp³-hybridized carbons (Fsp3) is 0. The molecule has 0 heterocycles. The molecule has 0 aliphatic carbocycles. The SMILES string of the molecule is [Cr].[O]=[Ti].[SbH3]. The van der Waals surface area contributed by atoms with Gasteiger partial charge in [0.25, 0.3) is 0 Å². The van der Waals surface area contributed by atoms with Gasteiger partial charge >= 0.3 is 48.2 Å².